The van der Waals surface area contributed by atoms with Crippen LogP contribution in [0.4, 0.5) is 0 Å². The minimum absolute atomic E-state index is 0.217. The molecule has 0 aromatic heterocycles. The van der Waals surface area contributed by atoms with Gasteiger partial charge in [-0.2, -0.15) is 5.26 Å². The summed E-state index contributed by atoms with van der Waals surface area (Å²) in [5, 5.41) is 13.0. The van der Waals surface area contributed by atoms with E-state index in [1.54, 1.807) is 7.11 Å². The van der Waals surface area contributed by atoms with Crippen LogP contribution in [0.2, 0.25) is 0 Å². The van der Waals surface area contributed by atoms with Crippen LogP contribution in [0.5, 0.6) is 5.75 Å². The van der Waals surface area contributed by atoms with E-state index in [4.69, 9.17) is 9.47 Å². The van der Waals surface area contributed by atoms with Crippen LogP contribution in [0.25, 0.3) is 0 Å². The Morgan fingerprint density at radius 1 is 1.28 bits per heavy atom. The first-order valence-corrected chi connectivity index (χ1v) is 9.39. The van der Waals surface area contributed by atoms with Crippen molar-refractivity contribution in [2.24, 2.45) is 5.92 Å². The van der Waals surface area contributed by atoms with Gasteiger partial charge in [0.05, 0.1) is 26.4 Å². The third-order valence-corrected chi connectivity index (χ3v) is 5.44. The number of hydrogen-bond acceptors (Lipinski definition) is 5. The summed E-state index contributed by atoms with van der Waals surface area (Å²) < 4.78 is 10.8. The number of nitrogens with zero attached hydrogens (tertiary/aromatic N) is 2. The molecule has 2 fully saturated rings. The highest BCUT2D eigenvalue weighted by Gasteiger charge is 2.26. The molecule has 1 saturated heterocycles. The van der Waals surface area contributed by atoms with Crippen molar-refractivity contribution in [3.05, 3.63) is 29.8 Å². The molecule has 0 bridgehead atoms. The molecule has 1 saturated carbocycles. The van der Waals surface area contributed by atoms with E-state index in [9.17, 15) is 5.26 Å². The molecule has 5 nitrogen and oxygen atoms in total. The van der Waals surface area contributed by atoms with Crippen LogP contribution < -0.4 is 10.1 Å². The molecule has 1 aromatic rings. The van der Waals surface area contributed by atoms with Gasteiger partial charge < -0.3 is 14.8 Å². The molecule has 136 valence electrons. The number of morpholine rings is 1. The van der Waals surface area contributed by atoms with Gasteiger partial charge in [0.1, 0.15) is 5.75 Å². The van der Waals surface area contributed by atoms with Gasteiger partial charge >= 0.3 is 0 Å². The molecule has 25 heavy (non-hydrogen) atoms. The Kier molecular flexibility index (Phi) is 6.69. The van der Waals surface area contributed by atoms with Crippen molar-refractivity contribution in [2.75, 3.05) is 40.0 Å². The lowest BCUT2D eigenvalue weighted by atomic mass is 9.86. The van der Waals surface area contributed by atoms with Gasteiger partial charge in [0.2, 0.25) is 0 Å². The zero-order chi connectivity index (χ0) is 17.5. The van der Waals surface area contributed by atoms with Gasteiger partial charge in [-0.25, -0.2) is 0 Å². The van der Waals surface area contributed by atoms with E-state index < -0.39 is 0 Å². The van der Waals surface area contributed by atoms with Crippen LogP contribution in [-0.2, 0) is 4.74 Å². The summed E-state index contributed by atoms with van der Waals surface area (Å²) in [7, 11) is 1.70. The van der Waals surface area contributed by atoms with Crippen LogP contribution in [0.1, 0.15) is 37.3 Å². The Morgan fingerprint density at radius 2 is 2.04 bits per heavy atom. The largest absolute Gasteiger partial charge is 0.497 e. The van der Waals surface area contributed by atoms with Crippen molar-refractivity contribution in [1.82, 2.24) is 10.2 Å². The van der Waals surface area contributed by atoms with Gasteiger partial charge in [0, 0.05) is 37.6 Å². The van der Waals surface area contributed by atoms with Gasteiger partial charge in [-0.05, 0) is 37.0 Å². The zero-order valence-electron chi connectivity index (χ0n) is 15.1. The van der Waals surface area contributed by atoms with Gasteiger partial charge in [-0.15, -0.1) is 0 Å². The molecule has 1 N–H and O–H groups in total. The van der Waals surface area contributed by atoms with Crippen molar-refractivity contribution < 1.29 is 9.47 Å². The molecule has 5 heteroatoms. The first-order chi connectivity index (χ1) is 12.3. The maximum absolute atomic E-state index is 9.21. The Balaban J connectivity index is 1.66. The third-order valence-electron chi connectivity index (χ3n) is 5.44. The molecule has 0 spiro atoms. The summed E-state index contributed by atoms with van der Waals surface area (Å²) in [6.45, 7) is 4.43. The predicted molar refractivity (Wildman–Crippen MR) is 97.5 cm³/mol. The lowest BCUT2D eigenvalue weighted by Crippen LogP contribution is -2.45. The maximum atomic E-state index is 9.21. The molecular weight excluding hydrogens is 314 g/mol. The van der Waals surface area contributed by atoms with E-state index >= 15 is 0 Å². The smallest absolute Gasteiger partial charge is 0.118 e. The number of methoxy groups -OCH3 is 1. The Labute approximate surface area is 150 Å². The highest BCUT2D eigenvalue weighted by molar-refractivity contribution is 5.29. The summed E-state index contributed by atoms with van der Waals surface area (Å²) in [6, 6.07) is 11.6. The van der Waals surface area contributed by atoms with Gasteiger partial charge in [0.25, 0.3) is 0 Å². The summed E-state index contributed by atoms with van der Waals surface area (Å²) in [4.78, 5) is 2.50. The SMILES string of the molecule is COc1ccc(C(CNC2CCCC(C#N)C2)N2CCOCC2)cc1. The van der Waals surface area contributed by atoms with Crippen molar-refractivity contribution in [3.8, 4) is 11.8 Å². The minimum Gasteiger partial charge on any atom is -0.497 e. The molecule has 1 heterocycles. The first kappa shape index (κ1) is 18.2. The molecule has 3 unspecified atom stereocenters. The Morgan fingerprint density at radius 3 is 2.72 bits per heavy atom. The molecule has 2 aliphatic rings. The molecule has 1 aromatic carbocycles. The average molecular weight is 343 g/mol. The van der Waals surface area contributed by atoms with Crippen LogP contribution in [0.3, 0.4) is 0 Å². The summed E-state index contributed by atoms with van der Waals surface area (Å²) >= 11 is 0. The molecular formula is C20H29N3O2. The quantitative estimate of drug-likeness (QED) is 0.861. The van der Waals surface area contributed by atoms with E-state index in [0.29, 0.717) is 12.1 Å². The van der Waals surface area contributed by atoms with Gasteiger partial charge in [0.15, 0.2) is 0 Å². The monoisotopic (exact) mass is 343 g/mol. The van der Waals surface area contributed by atoms with Gasteiger partial charge in [-0.1, -0.05) is 18.6 Å². The highest BCUT2D eigenvalue weighted by Crippen LogP contribution is 2.26. The van der Waals surface area contributed by atoms with E-state index in [2.05, 4.69) is 28.4 Å². The molecule has 0 amide bonds. The van der Waals surface area contributed by atoms with E-state index in [1.165, 1.54) is 12.0 Å². The molecule has 1 aliphatic carbocycles. The fraction of sp³-hybridized carbons (Fsp3) is 0.650. The van der Waals surface area contributed by atoms with Crippen LogP contribution >= 0.6 is 0 Å². The number of rotatable bonds is 6. The number of nitrogens with one attached hydrogen (secondary N) is 1. The molecule has 0 radical (unpaired) electrons. The molecule has 3 atom stereocenters. The van der Waals surface area contributed by atoms with Crippen LogP contribution in [0.15, 0.2) is 24.3 Å². The minimum atomic E-state index is 0.217. The van der Waals surface area contributed by atoms with E-state index in [-0.39, 0.29) is 5.92 Å². The number of nitriles is 1. The maximum Gasteiger partial charge on any atom is 0.118 e. The second-order valence-corrected chi connectivity index (χ2v) is 7.04. The van der Waals surface area contributed by atoms with E-state index in [0.717, 1.165) is 57.9 Å². The molecule has 3 rings (SSSR count). The van der Waals surface area contributed by atoms with Crippen molar-refractivity contribution in [1.29, 1.82) is 5.26 Å². The van der Waals surface area contributed by atoms with Crippen molar-refractivity contribution in [2.45, 2.75) is 37.8 Å². The summed E-state index contributed by atoms with van der Waals surface area (Å²) in [6.07, 6.45) is 4.37. The van der Waals surface area contributed by atoms with Crippen LogP contribution in [0, 0.1) is 17.2 Å². The second-order valence-electron chi connectivity index (χ2n) is 7.04. The van der Waals surface area contributed by atoms with Gasteiger partial charge in [-0.3, -0.25) is 4.90 Å². The Bertz CT molecular complexity index is 563. The fourth-order valence-electron chi connectivity index (χ4n) is 3.94. The number of ether oxygens (including phenoxy) is 2. The highest BCUT2D eigenvalue weighted by atomic mass is 16.5. The Hall–Kier alpha value is -1.61. The number of hydrogen-bond donors (Lipinski definition) is 1. The lowest BCUT2D eigenvalue weighted by molar-refractivity contribution is 0.0153. The normalized spacial score (nSPS) is 25.9. The van der Waals surface area contributed by atoms with E-state index in [1.807, 2.05) is 12.1 Å². The second kappa shape index (κ2) is 9.19. The molecule has 1 aliphatic heterocycles. The van der Waals surface area contributed by atoms with Crippen molar-refractivity contribution >= 4 is 0 Å². The average Bonchev–Trinajstić information content (AvgIpc) is 2.69. The third kappa shape index (κ3) is 4.94. The first-order valence-electron chi connectivity index (χ1n) is 9.39. The predicted octanol–water partition coefficient (Wildman–Crippen LogP) is 2.74. The summed E-state index contributed by atoms with van der Waals surface area (Å²) in [5.41, 5.74) is 1.31. The lowest BCUT2D eigenvalue weighted by Gasteiger charge is -2.36. The fourth-order valence-corrected chi connectivity index (χ4v) is 3.94. The topological polar surface area (TPSA) is 57.5 Å². The summed E-state index contributed by atoms with van der Waals surface area (Å²) in [5.74, 6) is 1.11. The standard InChI is InChI=1S/C20H29N3O2/c1-24-19-7-5-17(6-8-19)20(23-9-11-25-12-10-23)15-22-18-4-2-3-16(13-18)14-21/h5-8,16,18,20,22H,2-4,9-13,15H2,1H3. The van der Waals surface area contributed by atoms with Crippen molar-refractivity contribution in [3.63, 3.8) is 0 Å². The number of benzene rings is 1. The zero-order valence-corrected chi connectivity index (χ0v) is 15.1. The van der Waals surface area contributed by atoms with Crippen LogP contribution in [-0.4, -0.2) is 50.9 Å².